The van der Waals surface area contributed by atoms with Gasteiger partial charge in [0, 0.05) is 35.4 Å². The second-order valence-corrected chi connectivity index (χ2v) is 11.0. The first kappa shape index (κ1) is 29.6. The van der Waals surface area contributed by atoms with E-state index in [0.29, 0.717) is 24.2 Å². The fraction of sp³-hybridized carbons (Fsp3) is 0.531. The molecule has 3 rings (SSSR count). The number of carbonyl (C=O) groups is 1. The summed E-state index contributed by atoms with van der Waals surface area (Å²) in [6, 6.07) is 6.90. The van der Waals surface area contributed by atoms with Crippen molar-refractivity contribution in [1.29, 1.82) is 5.41 Å². The van der Waals surface area contributed by atoms with E-state index < -0.39 is 0 Å². The Bertz CT molecular complexity index is 1240. The maximum Gasteiger partial charge on any atom is 0.236 e. The smallest absolute Gasteiger partial charge is 0.236 e. The Balaban J connectivity index is 1.96. The van der Waals surface area contributed by atoms with Crippen molar-refractivity contribution in [1.82, 2.24) is 14.8 Å². The van der Waals surface area contributed by atoms with Crippen LogP contribution in [-0.2, 0) is 4.79 Å². The first-order valence-electron chi connectivity index (χ1n) is 14.2. The third-order valence-corrected chi connectivity index (χ3v) is 7.53. The molecule has 0 spiro atoms. The number of aromatic amines is 1. The van der Waals surface area contributed by atoms with Crippen LogP contribution >= 0.6 is 0 Å². The Kier molecular flexibility index (Phi) is 10.3. The Morgan fingerprint density at radius 3 is 2.42 bits per heavy atom. The first-order chi connectivity index (χ1) is 18.1. The zero-order chi connectivity index (χ0) is 28.0. The molecule has 0 bridgehead atoms. The van der Waals surface area contributed by atoms with Crippen molar-refractivity contribution in [3.05, 3.63) is 52.7 Å². The van der Waals surface area contributed by atoms with Crippen molar-refractivity contribution in [2.45, 2.75) is 79.1 Å². The summed E-state index contributed by atoms with van der Waals surface area (Å²) in [4.78, 5) is 24.7. The predicted molar refractivity (Wildman–Crippen MR) is 163 cm³/mol. The molecular formula is C32H47N5O. The van der Waals surface area contributed by atoms with Crippen molar-refractivity contribution in [3.63, 3.8) is 0 Å². The molecular weight excluding hydrogens is 470 g/mol. The molecule has 2 heterocycles. The van der Waals surface area contributed by atoms with Crippen LogP contribution in [0.3, 0.4) is 0 Å². The SMILES string of the molecule is C/C=C(\C=C(\CC)C(CC)=NC(C)=N)c1[nH]c2ccc(C3CCN(C(=O)CN(C)C)CC3)cc2c1C(C)C. The summed E-state index contributed by atoms with van der Waals surface area (Å²) in [6.45, 7) is 14.8. The maximum absolute atomic E-state index is 12.5. The standard InChI is InChI=1S/C32H47N5O/c1-9-23(28(11-3)34-22(6)33)18-24(10-2)32-31(21(4)5)27-19-26(12-13-29(27)35-32)25-14-16-37(17-15-25)30(38)20-36(7)8/h10,12-13,18-19,21,25,33,35H,9,11,14-17,20H2,1-8H3/b23-18-,24-10+,33-22?,34-28?. The Labute approximate surface area is 229 Å². The molecule has 1 aliphatic rings. The number of amidine groups is 1. The summed E-state index contributed by atoms with van der Waals surface area (Å²) in [5.74, 6) is 1.40. The van der Waals surface area contributed by atoms with Gasteiger partial charge in [0.15, 0.2) is 0 Å². The molecule has 2 N–H and O–H groups in total. The third-order valence-electron chi connectivity index (χ3n) is 7.53. The molecule has 1 aromatic carbocycles. The molecule has 38 heavy (non-hydrogen) atoms. The summed E-state index contributed by atoms with van der Waals surface area (Å²) in [6.07, 6.45) is 8.12. The lowest BCUT2D eigenvalue weighted by Gasteiger charge is -2.33. The monoisotopic (exact) mass is 517 g/mol. The Hall–Kier alpha value is -2.99. The van der Waals surface area contributed by atoms with Crippen LogP contribution in [0.5, 0.6) is 0 Å². The molecule has 0 unspecified atom stereocenters. The average Bonchev–Trinajstić information content (AvgIpc) is 3.26. The van der Waals surface area contributed by atoms with Gasteiger partial charge in [-0.2, -0.15) is 0 Å². The van der Waals surface area contributed by atoms with E-state index in [9.17, 15) is 4.79 Å². The number of hydrogen-bond donors (Lipinski definition) is 2. The number of nitrogens with zero attached hydrogens (tertiary/aromatic N) is 3. The molecule has 6 nitrogen and oxygen atoms in total. The molecule has 6 heteroatoms. The second-order valence-electron chi connectivity index (χ2n) is 11.0. The van der Waals surface area contributed by atoms with Gasteiger partial charge in [-0.15, -0.1) is 0 Å². The number of benzene rings is 1. The van der Waals surface area contributed by atoms with E-state index in [1.165, 1.54) is 33.4 Å². The summed E-state index contributed by atoms with van der Waals surface area (Å²) in [5, 5.41) is 9.15. The van der Waals surface area contributed by atoms with E-state index in [4.69, 9.17) is 5.41 Å². The van der Waals surface area contributed by atoms with Gasteiger partial charge in [0.1, 0.15) is 5.84 Å². The molecule has 0 radical (unpaired) electrons. The fourth-order valence-electron chi connectivity index (χ4n) is 5.60. The summed E-state index contributed by atoms with van der Waals surface area (Å²) < 4.78 is 0. The molecule has 0 atom stereocenters. The summed E-state index contributed by atoms with van der Waals surface area (Å²) in [5.41, 5.74) is 8.39. The number of fused-ring (bicyclic) bond motifs is 1. The molecule has 1 saturated heterocycles. The number of carbonyl (C=O) groups excluding carboxylic acids is 1. The summed E-state index contributed by atoms with van der Waals surface area (Å²) in [7, 11) is 3.89. The molecule has 1 fully saturated rings. The van der Waals surface area contributed by atoms with Crippen LogP contribution in [0.1, 0.15) is 95.9 Å². The van der Waals surface area contributed by atoms with Crippen molar-refractivity contribution in [3.8, 4) is 0 Å². The van der Waals surface area contributed by atoms with Crippen LogP contribution in [0.4, 0.5) is 0 Å². The zero-order valence-corrected chi connectivity index (χ0v) is 24.7. The Morgan fingerprint density at radius 2 is 1.89 bits per heavy atom. The number of H-pyrrole nitrogens is 1. The predicted octanol–water partition coefficient (Wildman–Crippen LogP) is 7.15. The van der Waals surface area contributed by atoms with E-state index >= 15 is 0 Å². The number of amides is 1. The van der Waals surface area contributed by atoms with E-state index in [1.807, 2.05) is 23.9 Å². The largest absolute Gasteiger partial charge is 0.354 e. The number of likely N-dealkylation sites (N-methyl/N-ethyl adjacent to an activating group) is 1. The van der Waals surface area contributed by atoms with Gasteiger partial charge >= 0.3 is 0 Å². The van der Waals surface area contributed by atoms with Gasteiger partial charge in [-0.1, -0.05) is 39.8 Å². The van der Waals surface area contributed by atoms with E-state index in [0.717, 1.165) is 50.0 Å². The van der Waals surface area contributed by atoms with Crippen LogP contribution in [0.25, 0.3) is 16.5 Å². The molecule has 1 aromatic heterocycles. The topological polar surface area (TPSA) is 75.5 Å². The molecule has 1 amide bonds. The highest BCUT2D eigenvalue weighted by atomic mass is 16.2. The number of likely N-dealkylation sites (tertiary alicyclic amines) is 1. The maximum atomic E-state index is 12.5. The zero-order valence-electron chi connectivity index (χ0n) is 24.7. The van der Waals surface area contributed by atoms with E-state index in [1.54, 1.807) is 6.92 Å². The lowest BCUT2D eigenvalue weighted by Crippen LogP contribution is -2.42. The minimum atomic E-state index is 0.228. The van der Waals surface area contributed by atoms with Crippen LogP contribution in [0.2, 0.25) is 0 Å². The molecule has 0 saturated carbocycles. The lowest BCUT2D eigenvalue weighted by atomic mass is 9.87. The number of nitrogens with one attached hydrogen (secondary N) is 2. The molecule has 1 aliphatic heterocycles. The van der Waals surface area contributed by atoms with E-state index in [-0.39, 0.29) is 5.91 Å². The molecule has 2 aromatic rings. The van der Waals surface area contributed by atoms with Crippen LogP contribution < -0.4 is 0 Å². The van der Waals surface area contributed by atoms with Crippen molar-refractivity contribution >= 4 is 33.9 Å². The number of hydrogen-bond acceptors (Lipinski definition) is 3. The van der Waals surface area contributed by atoms with Crippen molar-refractivity contribution < 1.29 is 4.79 Å². The van der Waals surface area contributed by atoms with E-state index in [2.05, 4.69) is 74.9 Å². The number of allylic oxidation sites excluding steroid dienone is 4. The van der Waals surface area contributed by atoms with Crippen molar-refractivity contribution in [2.75, 3.05) is 33.7 Å². The third kappa shape index (κ3) is 6.90. The van der Waals surface area contributed by atoms with Crippen LogP contribution in [-0.4, -0.2) is 66.0 Å². The number of aromatic nitrogens is 1. The van der Waals surface area contributed by atoms with Gasteiger partial charge < -0.3 is 14.8 Å². The van der Waals surface area contributed by atoms with Crippen LogP contribution in [0, 0.1) is 5.41 Å². The minimum absolute atomic E-state index is 0.228. The average molecular weight is 518 g/mol. The number of rotatable bonds is 9. The first-order valence-corrected chi connectivity index (χ1v) is 14.2. The fourth-order valence-corrected chi connectivity index (χ4v) is 5.60. The summed E-state index contributed by atoms with van der Waals surface area (Å²) >= 11 is 0. The number of aliphatic imine (C=N–C) groups is 1. The lowest BCUT2D eigenvalue weighted by molar-refractivity contribution is -0.132. The van der Waals surface area contributed by atoms with Gasteiger partial charge in [-0.25, -0.2) is 4.99 Å². The van der Waals surface area contributed by atoms with Gasteiger partial charge in [-0.05, 0) is 106 Å². The number of piperidine rings is 1. The molecule has 206 valence electrons. The van der Waals surface area contributed by atoms with Crippen molar-refractivity contribution in [2.24, 2.45) is 4.99 Å². The second kappa shape index (κ2) is 13.2. The highest BCUT2D eigenvalue weighted by molar-refractivity contribution is 6.07. The highest BCUT2D eigenvalue weighted by Gasteiger charge is 2.25. The highest BCUT2D eigenvalue weighted by Crippen LogP contribution is 2.37. The van der Waals surface area contributed by atoms with Gasteiger partial charge in [0.05, 0.1) is 6.54 Å². The van der Waals surface area contributed by atoms with Gasteiger partial charge in [0.25, 0.3) is 0 Å². The minimum Gasteiger partial charge on any atom is -0.354 e. The van der Waals surface area contributed by atoms with Gasteiger partial charge in [-0.3, -0.25) is 10.2 Å². The van der Waals surface area contributed by atoms with Gasteiger partial charge in [0.2, 0.25) is 5.91 Å². The Morgan fingerprint density at radius 1 is 1.21 bits per heavy atom. The normalized spacial score (nSPS) is 16.3. The van der Waals surface area contributed by atoms with Crippen LogP contribution in [0.15, 0.2) is 40.9 Å². The molecule has 0 aliphatic carbocycles. The quantitative estimate of drug-likeness (QED) is 0.211.